The predicted octanol–water partition coefficient (Wildman–Crippen LogP) is 8.39. The molecule has 1 aliphatic heterocycles. The molecule has 5 fully saturated rings. The van der Waals surface area contributed by atoms with Crippen LogP contribution in [0.3, 0.4) is 0 Å². The first-order chi connectivity index (χ1) is 22.3. The Morgan fingerprint density at radius 2 is 1.54 bits per heavy atom. The molecule has 7 heteroatoms. The highest BCUT2D eigenvalue weighted by Gasteiger charge is 2.71. The molecule has 5 aliphatic carbocycles. The molecule has 0 aromatic rings. The van der Waals surface area contributed by atoms with E-state index in [-0.39, 0.29) is 57.7 Å². The first-order valence-electron chi connectivity index (χ1n) is 19.3. The number of carboxylic acid groups (broad SMARTS) is 1. The maximum absolute atomic E-state index is 14.6. The number of aliphatic carboxylic acids is 1. The van der Waals surface area contributed by atoms with Gasteiger partial charge in [-0.3, -0.25) is 19.2 Å². The minimum absolute atomic E-state index is 0.00839. The summed E-state index contributed by atoms with van der Waals surface area (Å²) < 4.78 is 6.15. The van der Waals surface area contributed by atoms with Gasteiger partial charge in [-0.1, -0.05) is 48.5 Å². The van der Waals surface area contributed by atoms with Gasteiger partial charge in [0, 0.05) is 24.9 Å². The van der Waals surface area contributed by atoms with E-state index in [2.05, 4.69) is 53.4 Å². The zero-order chi connectivity index (χ0) is 35.2. The Balaban J connectivity index is 1.31. The van der Waals surface area contributed by atoms with E-state index < -0.39 is 22.8 Å². The van der Waals surface area contributed by atoms with Gasteiger partial charge in [-0.05, 0) is 136 Å². The topological polar surface area (TPSA) is 101 Å². The second-order valence-electron chi connectivity index (χ2n) is 19.3. The molecular formula is C41H63NO6. The van der Waals surface area contributed by atoms with Crippen molar-refractivity contribution in [2.24, 2.45) is 56.2 Å². The predicted molar refractivity (Wildman–Crippen MR) is 186 cm³/mol. The second kappa shape index (κ2) is 11.7. The summed E-state index contributed by atoms with van der Waals surface area (Å²) >= 11 is 0. The molecule has 268 valence electrons. The molecule has 0 aromatic carbocycles. The van der Waals surface area contributed by atoms with Crippen molar-refractivity contribution in [2.45, 2.75) is 152 Å². The van der Waals surface area contributed by atoms with Gasteiger partial charge in [0.15, 0.2) is 5.78 Å². The van der Waals surface area contributed by atoms with Gasteiger partial charge < -0.3 is 14.7 Å². The number of likely N-dealkylation sites (tertiary alicyclic amines) is 1. The molecular weight excluding hydrogens is 602 g/mol. The van der Waals surface area contributed by atoms with E-state index in [1.807, 2.05) is 0 Å². The number of ketones is 1. The monoisotopic (exact) mass is 665 g/mol. The van der Waals surface area contributed by atoms with Gasteiger partial charge in [-0.2, -0.15) is 0 Å². The van der Waals surface area contributed by atoms with Crippen LogP contribution in [0.4, 0.5) is 0 Å². The van der Waals surface area contributed by atoms with Crippen LogP contribution in [0.15, 0.2) is 11.1 Å². The van der Waals surface area contributed by atoms with Crippen LogP contribution >= 0.6 is 0 Å². The lowest BCUT2D eigenvalue weighted by molar-refractivity contribution is -0.233. The summed E-state index contributed by atoms with van der Waals surface area (Å²) in [6.45, 7) is 21.3. The minimum atomic E-state index is -1.16. The molecule has 0 aromatic heterocycles. The fourth-order valence-corrected chi connectivity index (χ4v) is 13.1. The van der Waals surface area contributed by atoms with E-state index in [1.165, 1.54) is 12.0 Å². The van der Waals surface area contributed by atoms with Crippen molar-refractivity contribution in [1.82, 2.24) is 4.90 Å². The van der Waals surface area contributed by atoms with Crippen LogP contribution in [0, 0.1) is 56.2 Å². The SMILES string of the molecule is CC(C)C1=C2[C@H]3CCC4[C@@]5(C)CC[C@H](OC(=O)CC(C)(C)C(=O)O)C(C)(C)C5CC[C@@]4(C)[C@]3(C)CC[C@@]2(C(=O)N2CCCCC2)CC1=O. The van der Waals surface area contributed by atoms with Gasteiger partial charge >= 0.3 is 11.9 Å². The molecule has 0 bridgehead atoms. The molecule has 6 rings (SSSR count). The summed E-state index contributed by atoms with van der Waals surface area (Å²) in [5.74, 6) is 0.299. The summed E-state index contributed by atoms with van der Waals surface area (Å²) in [6, 6.07) is 0. The summed E-state index contributed by atoms with van der Waals surface area (Å²) in [7, 11) is 0. The Hall–Kier alpha value is -2.18. The molecule has 0 radical (unpaired) electrons. The zero-order valence-corrected chi connectivity index (χ0v) is 31.4. The van der Waals surface area contributed by atoms with Crippen molar-refractivity contribution < 1.29 is 29.0 Å². The first-order valence-corrected chi connectivity index (χ1v) is 19.3. The summed E-state index contributed by atoms with van der Waals surface area (Å²) in [5.41, 5.74) is 0.318. The number of piperidine rings is 1. The lowest BCUT2D eigenvalue weighted by Gasteiger charge is -2.72. The fraction of sp³-hybridized carbons (Fsp3) is 0.854. The van der Waals surface area contributed by atoms with Crippen LogP contribution in [0.5, 0.6) is 0 Å². The average Bonchev–Trinajstić information content (AvgIpc) is 3.32. The van der Waals surface area contributed by atoms with Crippen molar-refractivity contribution in [3.63, 3.8) is 0 Å². The molecule has 1 amide bonds. The molecule has 48 heavy (non-hydrogen) atoms. The fourth-order valence-electron chi connectivity index (χ4n) is 13.1. The number of esters is 1. The van der Waals surface area contributed by atoms with E-state index in [4.69, 9.17) is 4.74 Å². The molecule has 1 saturated heterocycles. The summed E-state index contributed by atoms with van der Waals surface area (Å²) in [5, 5.41) is 9.58. The summed E-state index contributed by atoms with van der Waals surface area (Å²) in [6.07, 6.45) is 11.1. The third-order valence-corrected chi connectivity index (χ3v) is 15.9. The van der Waals surface area contributed by atoms with Gasteiger partial charge in [0.25, 0.3) is 0 Å². The van der Waals surface area contributed by atoms with Crippen LogP contribution < -0.4 is 0 Å². The maximum atomic E-state index is 14.6. The number of amides is 1. The number of nitrogens with zero attached hydrogens (tertiary/aromatic N) is 1. The molecule has 2 unspecified atom stereocenters. The highest BCUT2D eigenvalue weighted by atomic mass is 16.5. The average molecular weight is 666 g/mol. The lowest BCUT2D eigenvalue weighted by atomic mass is 9.33. The third kappa shape index (κ3) is 5.00. The zero-order valence-electron chi connectivity index (χ0n) is 31.4. The minimum Gasteiger partial charge on any atom is -0.481 e. The molecule has 4 saturated carbocycles. The summed E-state index contributed by atoms with van der Waals surface area (Å²) in [4.78, 5) is 55.4. The van der Waals surface area contributed by atoms with Gasteiger partial charge in [-0.25, -0.2) is 0 Å². The standard InChI is InChI=1S/C41H63NO6/c1-25(2)32-27(43)23-41(34(45)42-21-11-10-12-22-42)20-19-39(8)26(33(32)41)13-14-29-38(7)17-16-30(48-31(44)24-36(3,4)35(46)47)37(5,6)28(38)15-18-40(29,39)9/h25-26,28-30H,10-24H2,1-9H3,(H,46,47)/t26-,28?,29?,30+,38+,39-,40-,41-/m1/s1. The van der Waals surface area contributed by atoms with E-state index >= 15 is 0 Å². The number of rotatable bonds is 6. The van der Waals surface area contributed by atoms with Gasteiger partial charge in [-0.15, -0.1) is 0 Å². The molecule has 1 heterocycles. The Kier molecular flexibility index (Phi) is 8.68. The van der Waals surface area contributed by atoms with Crippen molar-refractivity contribution >= 4 is 23.6 Å². The molecule has 6 aliphatic rings. The normalized spacial score (nSPS) is 40.9. The molecule has 8 atom stereocenters. The second-order valence-corrected chi connectivity index (χ2v) is 19.3. The van der Waals surface area contributed by atoms with E-state index in [1.54, 1.807) is 13.8 Å². The number of carbonyl (C=O) groups is 4. The smallest absolute Gasteiger partial charge is 0.309 e. The van der Waals surface area contributed by atoms with E-state index in [0.29, 0.717) is 18.3 Å². The number of fused-ring (bicyclic) bond motifs is 7. The van der Waals surface area contributed by atoms with E-state index in [0.717, 1.165) is 82.9 Å². The number of ether oxygens (including phenoxy) is 1. The highest BCUT2D eigenvalue weighted by molar-refractivity contribution is 6.07. The Labute approximate surface area is 289 Å². The van der Waals surface area contributed by atoms with Crippen LogP contribution in [0.25, 0.3) is 0 Å². The maximum Gasteiger partial charge on any atom is 0.309 e. The van der Waals surface area contributed by atoms with Crippen molar-refractivity contribution in [2.75, 3.05) is 13.1 Å². The van der Waals surface area contributed by atoms with Crippen LogP contribution in [-0.2, 0) is 23.9 Å². The number of carboxylic acids is 1. The Bertz CT molecular complexity index is 1400. The number of Topliss-reactive ketones (excluding diaryl/α,β-unsaturated/α-hetero) is 1. The number of allylic oxidation sites excluding steroid dienone is 1. The molecule has 7 nitrogen and oxygen atoms in total. The van der Waals surface area contributed by atoms with Crippen LogP contribution in [-0.4, -0.2) is 52.8 Å². The Morgan fingerprint density at radius 1 is 0.875 bits per heavy atom. The van der Waals surface area contributed by atoms with Crippen LogP contribution in [0.2, 0.25) is 0 Å². The van der Waals surface area contributed by atoms with Gasteiger partial charge in [0.1, 0.15) is 6.10 Å². The number of hydrogen-bond donors (Lipinski definition) is 1. The van der Waals surface area contributed by atoms with Gasteiger partial charge in [0.2, 0.25) is 5.91 Å². The van der Waals surface area contributed by atoms with Crippen molar-refractivity contribution in [1.29, 1.82) is 0 Å². The highest BCUT2D eigenvalue weighted by Crippen LogP contribution is 2.77. The lowest BCUT2D eigenvalue weighted by Crippen LogP contribution is -2.66. The molecule has 1 N–H and O–H groups in total. The number of carbonyl (C=O) groups excluding carboxylic acids is 3. The van der Waals surface area contributed by atoms with E-state index in [9.17, 15) is 24.3 Å². The number of hydrogen-bond acceptors (Lipinski definition) is 5. The Morgan fingerprint density at radius 3 is 2.17 bits per heavy atom. The largest absolute Gasteiger partial charge is 0.481 e. The van der Waals surface area contributed by atoms with Crippen LogP contribution in [0.1, 0.15) is 146 Å². The molecule has 0 spiro atoms. The third-order valence-electron chi connectivity index (χ3n) is 15.9. The van der Waals surface area contributed by atoms with Crippen molar-refractivity contribution in [3.05, 3.63) is 11.1 Å². The quantitative estimate of drug-likeness (QED) is 0.286. The first kappa shape index (κ1) is 35.6. The van der Waals surface area contributed by atoms with Crippen molar-refractivity contribution in [3.8, 4) is 0 Å². The van der Waals surface area contributed by atoms with Gasteiger partial charge in [0.05, 0.1) is 17.3 Å².